The number of hydrogen-bond acceptors (Lipinski definition) is 5. The zero-order valence-corrected chi connectivity index (χ0v) is 9.35. The molecular weight excluding hydrogens is 224 g/mol. The van der Waals surface area contributed by atoms with Crippen molar-refractivity contribution in [3.63, 3.8) is 0 Å². The van der Waals surface area contributed by atoms with E-state index < -0.39 is 12.0 Å². The van der Waals surface area contributed by atoms with Crippen LogP contribution in [0.15, 0.2) is 12.5 Å². The fourth-order valence-corrected chi connectivity index (χ4v) is 1.35. The lowest BCUT2D eigenvalue weighted by Gasteiger charge is -2.12. The molecule has 0 aliphatic carbocycles. The van der Waals surface area contributed by atoms with Gasteiger partial charge in [-0.2, -0.15) is 0 Å². The van der Waals surface area contributed by atoms with Crippen LogP contribution in [-0.4, -0.2) is 46.0 Å². The largest absolute Gasteiger partial charge is 0.480 e. The summed E-state index contributed by atoms with van der Waals surface area (Å²) in [4.78, 5) is 28.8. The quantitative estimate of drug-likeness (QED) is 0.458. The van der Waals surface area contributed by atoms with Crippen LogP contribution in [0.25, 0.3) is 0 Å². The lowest BCUT2D eigenvalue weighted by Crippen LogP contribution is -2.41. The summed E-state index contributed by atoms with van der Waals surface area (Å²) in [6.45, 7) is 0.293. The lowest BCUT2D eigenvalue weighted by atomic mass is 10.1. The molecule has 1 heterocycles. The number of carboxylic acid groups (broad SMARTS) is 1. The number of Topliss-reactive ketones (excluding diaryl/α,β-unsaturated/α-hetero) is 1. The fourth-order valence-electron chi connectivity index (χ4n) is 1.35. The van der Waals surface area contributed by atoms with E-state index in [1.54, 1.807) is 6.20 Å². The van der Waals surface area contributed by atoms with Crippen LogP contribution < -0.4 is 11.1 Å². The van der Waals surface area contributed by atoms with E-state index in [4.69, 9.17) is 10.8 Å². The van der Waals surface area contributed by atoms with Crippen LogP contribution in [0.1, 0.15) is 12.1 Å². The molecule has 5 N–H and O–H groups in total. The second-order valence-electron chi connectivity index (χ2n) is 3.63. The molecule has 1 atom stereocenters. The predicted octanol–water partition coefficient (Wildman–Crippen LogP) is -1.09. The number of carboxylic acids is 1. The molecule has 0 saturated carbocycles. The van der Waals surface area contributed by atoms with E-state index in [2.05, 4.69) is 15.3 Å². The third-order valence-corrected chi connectivity index (χ3v) is 2.25. The SMILES string of the molecule is NCCC(=O)CNC(Cc1cnc[nH]1)C(=O)O. The van der Waals surface area contributed by atoms with Crippen molar-refractivity contribution in [3.05, 3.63) is 18.2 Å². The van der Waals surface area contributed by atoms with Gasteiger partial charge in [-0.25, -0.2) is 4.98 Å². The first-order valence-corrected chi connectivity index (χ1v) is 5.28. The molecule has 1 aromatic heterocycles. The van der Waals surface area contributed by atoms with Crippen LogP contribution in [0.2, 0.25) is 0 Å². The minimum absolute atomic E-state index is 0.0162. The third-order valence-electron chi connectivity index (χ3n) is 2.25. The molecule has 1 rings (SSSR count). The maximum absolute atomic E-state index is 11.2. The van der Waals surface area contributed by atoms with E-state index in [1.807, 2.05) is 0 Å². The van der Waals surface area contributed by atoms with E-state index >= 15 is 0 Å². The number of carbonyl (C=O) groups is 2. The summed E-state index contributed by atoms with van der Waals surface area (Å²) in [5.41, 5.74) is 5.93. The number of hydrogen-bond donors (Lipinski definition) is 4. The van der Waals surface area contributed by atoms with Crippen LogP contribution in [-0.2, 0) is 16.0 Å². The van der Waals surface area contributed by atoms with Crippen molar-refractivity contribution >= 4 is 11.8 Å². The number of imidazole rings is 1. The van der Waals surface area contributed by atoms with Gasteiger partial charge in [0.2, 0.25) is 0 Å². The topological polar surface area (TPSA) is 121 Å². The Kier molecular flexibility index (Phi) is 5.31. The summed E-state index contributed by atoms with van der Waals surface area (Å²) in [6, 6.07) is -0.808. The van der Waals surface area contributed by atoms with Gasteiger partial charge in [0.1, 0.15) is 11.8 Å². The van der Waals surface area contributed by atoms with Crippen LogP contribution in [0.4, 0.5) is 0 Å². The molecule has 1 aromatic rings. The summed E-state index contributed by atoms with van der Waals surface area (Å²) in [6.07, 6.45) is 3.54. The maximum atomic E-state index is 11.2. The van der Waals surface area contributed by atoms with Crippen molar-refractivity contribution in [2.75, 3.05) is 13.1 Å². The molecule has 0 radical (unpaired) electrons. The smallest absolute Gasteiger partial charge is 0.321 e. The number of rotatable bonds is 8. The number of carbonyl (C=O) groups excluding carboxylic acids is 1. The summed E-state index contributed by atoms with van der Waals surface area (Å²) < 4.78 is 0. The molecule has 0 aromatic carbocycles. The van der Waals surface area contributed by atoms with E-state index in [0.29, 0.717) is 5.69 Å². The molecule has 0 aliphatic heterocycles. The van der Waals surface area contributed by atoms with Crippen LogP contribution in [0.5, 0.6) is 0 Å². The maximum Gasteiger partial charge on any atom is 0.321 e. The number of aromatic nitrogens is 2. The lowest BCUT2D eigenvalue weighted by molar-refractivity contribution is -0.139. The molecule has 0 spiro atoms. The molecule has 0 amide bonds. The van der Waals surface area contributed by atoms with Gasteiger partial charge in [0.05, 0.1) is 12.9 Å². The van der Waals surface area contributed by atoms with Gasteiger partial charge >= 0.3 is 5.97 Å². The van der Waals surface area contributed by atoms with Gasteiger partial charge in [-0.1, -0.05) is 0 Å². The van der Waals surface area contributed by atoms with E-state index in [1.165, 1.54) is 6.33 Å². The van der Waals surface area contributed by atoms with Gasteiger partial charge in [0, 0.05) is 24.7 Å². The Hall–Kier alpha value is -1.73. The molecular formula is C10H16N4O3. The summed E-state index contributed by atoms with van der Waals surface area (Å²) >= 11 is 0. The van der Waals surface area contributed by atoms with Gasteiger partial charge < -0.3 is 15.8 Å². The first-order chi connectivity index (χ1) is 8.13. The summed E-state index contributed by atoms with van der Waals surface area (Å²) in [5, 5.41) is 11.7. The molecule has 7 nitrogen and oxygen atoms in total. The van der Waals surface area contributed by atoms with Crippen molar-refractivity contribution in [1.82, 2.24) is 15.3 Å². The molecule has 94 valence electrons. The summed E-state index contributed by atoms with van der Waals surface area (Å²) in [5.74, 6) is -1.09. The second-order valence-corrected chi connectivity index (χ2v) is 3.63. The van der Waals surface area contributed by atoms with E-state index in [-0.39, 0.29) is 31.7 Å². The first kappa shape index (κ1) is 13.3. The minimum Gasteiger partial charge on any atom is -0.480 e. The van der Waals surface area contributed by atoms with Gasteiger partial charge in [-0.05, 0) is 6.54 Å². The Balaban J connectivity index is 2.44. The number of aromatic amines is 1. The van der Waals surface area contributed by atoms with Crippen molar-refractivity contribution in [2.24, 2.45) is 5.73 Å². The average Bonchev–Trinajstić information content (AvgIpc) is 2.76. The minimum atomic E-state index is -1.000. The molecule has 0 aliphatic rings. The Morgan fingerprint density at radius 2 is 2.35 bits per heavy atom. The molecule has 0 saturated heterocycles. The van der Waals surface area contributed by atoms with Gasteiger partial charge in [0.25, 0.3) is 0 Å². The zero-order chi connectivity index (χ0) is 12.7. The van der Waals surface area contributed by atoms with Crippen LogP contribution >= 0.6 is 0 Å². The fraction of sp³-hybridized carbons (Fsp3) is 0.500. The normalized spacial score (nSPS) is 12.3. The van der Waals surface area contributed by atoms with Crippen molar-refractivity contribution in [2.45, 2.75) is 18.9 Å². The number of H-pyrrole nitrogens is 1. The average molecular weight is 240 g/mol. The molecule has 0 fully saturated rings. The highest BCUT2D eigenvalue weighted by Crippen LogP contribution is 1.98. The number of nitrogens with two attached hydrogens (primary N) is 1. The highest BCUT2D eigenvalue weighted by molar-refractivity contribution is 5.82. The monoisotopic (exact) mass is 240 g/mol. The standard InChI is InChI=1S/C10H16N4O3/c11-2-1-8(15)5-13-9(10(16)17)3-7-4-12-6-14-7/h4,6,9,13H,1-3,5,11H2,(H,12,14)(H,16,17). The van der Waals surface area contributed by atoms with Crippen molar-refractivity contribution in [1.29, 1.82) is 0 Å². The van der Waals surface area contributed by atoms with Crippen LogP contribution in [0, 0.1) is 0 Å². The highest BCUT2D eigenvalue weighted by Gasteiger charge is 2.18. The van der Waals surface area contributed by atoms with E-state index in [0.717, 1.165) is 0 Å². The van der Waals surface area contributed by atoms with Gasteiger partial charge in [-0.3, -0.25) is 14.9 Å². The van der Waals surface area contributed by atoms with Gasteiger partial charge in [-0.15, -0.1) is 0 Å². The highest BCUT2D eigenvalue weighted by atomic mass is 16.4. The Labute approximate surface area is 98.4 Å². The number of aliphatic carboxylic acids is 1. The van der Waals surface area contributed by atoms with Crippen molar-refractivity contribution < 1.29 is 14.7 Å². The second kappa shape index (κ2) is 6.77. The Bertz CT molecular complexity index is 364. The molecule has 7 heteroatoms. The summed E-state index contributed by atoms with van der Waals surface area (Å²) in [7, 11) is 0. The Morgan fingerprint density at radius 3 is 2.88 bits per heavy atom. The molecule has 17 heavy (non-hydrogen) atoms. The zero-order valence-electron chi connectivity index (χ0n) is 9.35. The third kappa shape index (κ3) is 4.75. The van der Waals surface area contributed by atoms with E-state index in [9.17, 15) is 9.59 Å². The molecule has 0 bridgehead atoms. The predicted molar refractivity (Wildman–Crippen MR) is 60.4 cm³/mol. The first-order valence-electron chi connectivity index (χ1n) is 5.28. The van der Waals surface area contributed by atoms with Crippen molar-refractivity contribution in [3.8, 4) is 0 Å². The van der Waals surface area contributed by atoms with Crippen LogP contribution in [0.3, 0.4) is 0 Å². The molecule has 1 unspecified atom stereocenters. The number of nitrogens with one attached hydrogen (secondary N) is 2. The number of ketones is 1. The van der Waals surface area contributed by atoms with Gasteiger partial charge in [0.15, 0.2) is 0 Å². The Morgan fingerprint density at radius 1 is 1.59 bits per heavy atom. The number of nitrogens with zero attached hydrogens (tertiary/aromatic N) is 1.